The molecule has 0 saturated carbocycles. The normalized spacial score (nSPS) is 11.8. The molecule has 0 aliphatic heterocycles. The van der Waals surface area contributed by atoms with Gasteiger partial charge in [0.25, 0.3) is 0 Å². The molecule has 0 aliphatic rings. The SMILES string of the molecule is C=CCOC(=O)NCCC(O)CC. The number of aliphatic hydroxyl groups excluding tert-OH is 1. The fourth-order valence-corrected chi connectivity index (χ4v) is 0.731. The fourth-order valence-electron chi connectivity index (χ4n) is 0.731. The van der Waals surface area contributed by atoms with E-state index in [9.17, 15) is 4.79 Å². The molecule has 1 unspecified atom stereocenters. The Balaban J connectivity index is 3.31. The summed E-state index contributed by atoms with van der Waals surface area (Å²) in [5.41, 5.74) is 0. The van der Waals surface area contributed by atoms with E-state index in [1.54, 1.807) is 0 Å². The second-order valence-corrected chi connectivity index (χ2v) is 2.66. The van der Waals surface area contributed by atoms with Crippen LogP contribution in [-0.2, 0) is 4.74 Å². The molecule has 4 nitrogen and oxygen atoms in total. The van der Waals surface area contributed by atoms with Gasteiger partial charge in [-0.1, -0.05) is 19.6 Å². The van der Waals surface area contributed by atoms with Gasteiger partial charge >= 0.3 is 6.09 Å². The van der Waals surface area contributed by atoms with E-state index in [2.05, 4.69) is 16.6 Å². The minimum Gasteiger partial charge on any atom is -0.445 e. The molecule has 76 valence electrons. The van der Waals surface area contributed by atoms with Crippen molar-refractivity contribution < 1.29 is 14.6 Å². The van der Waals surface area contributed by atoms with Crippen molar-refractivity contribution in [3.05, 3.63) is 12.7 Å². The van der Waals surface area contributed by atoms with Gasteiger partial charge in [0.05, 0.1) is 6.10 Å². The van der Waals surface area contributed by atoms with Crippen LogP contribution in [0.25, 0.3) is 0 Å². The van der Waals surface area contributed by atoms with Crippen LogP contribution in [0.4, 0.5) is 4.79 Å². The number of nitrogens with one attached hydrogen (secondary N) is 1. The fraction of sp³-hybridized carbons (Fsp3) is 0.667. The standard InChI is InChI=1S/C9H17NO3/c1-3-7-13-9(12)10-6-5-8(11)4-2/h3,8,11H,1,4-7H2,2H3,(H,10,12). The third-order valence-electron chi connectivity index (χ3n) is 1.55. The lowest BCUT2D eigenvalue weighted by Crippen LogP contribution is -2.27. The number of rotatable bonds is 6. The first-order chi connectivity index (χ1) is 6.20. The van der Waals surface area contributed by atoms with Crippen LogP contribution in [0.1, 0.15) is 19.8 Å². The summed E-state index contributed by atoms with van der Waals surface area (Å²) in [7, 11) is 0. The van der Waals surface area contributed by atoms with Gasteiger partial charge in [0, 0.05) is 6.54 Å². The minimum atomic E-state index is -0.469. The van der Waals surface area contributed by atoms with Gasteiger partial charge in [-0.15, -0.1) is 0 Å². The van der Waals surface area contributed by atoms with E-state index in [1.807, 2.05) is 6.92 Å². The van der Waals surface area contributed by atoms with E-state index < -0.39 is 6.09 Å². The highest BCUT2D eigenvalue weighted by Gasteiger charge is 2.02. The quantitative estimate of drug-likeness (QED) is 0.611. The smallest absolute Gasteiger partial charge is 0.407 e. The molecule has 0 bridgehead atoms. The molecule has 13 heavy (non-hydrogen) atoms. The van der Waals surface area contributed by atoms with Gasteiger partial charge in [-0.2, -0.15) is 0 Å². The number of aliphatic hydroxyl groups is 1. The predicted octanol–water partition coefficient (Wildman–Crippen LogP) is 1.06. The molecule has 0 aromatic rings. The van der Waals surface area contributed by atoms with Crippen molar-refractivity contribution in [1.29, 1.82) is 0 Å². The maximum Gasteiger partial charge on any atom is 0.407 e. The van der Waals surface area contributed by atoms with Crippen LogP contribution in [-0.4, -0.2) is 30.5 Å². The largest absolute Gasteiger partial charge is 0.445 e. The number of alkyl carbamates (subject to hydrolysis) is 1. The Bertz CT molecular complexity index is 159. The van der Waals surface area contributed by atoms with E-state index in [4.69, 9.17) is 5.11 Å². The summed E-state index contributed by atoms with van der Waals surface area (Å²) in [4.78, 5) is 10.8. The number of hydrogen-bond acceptors (Lipinski definition) is 3. The van der Waals surface area contributed by atoms with Crippen molar-refractivity contribution in [1.82, 2.24) is 5.32 Å². The summed E-state index contributed by atoms with van der Waals surface area (Å²) in [5.74, 6) is 0. The monoisotopic (exact) mass is 187 g/mol. The lowest BCUT2D eigenvalue weighted by molar-refractivity contribution is 0.145. The Morgan fingerprint density at radius 3 is 3.00 bits per heavy atom. The third kappa shape index (κ3) is 7.33. The molecule has 0 saturated heterocycles. The molecule has 4 heteroatoms. The zero-order valence-electron chi connectivity index (χ0n) is 7.95. The average Bonchev–Trinajstić information content (AvgIpc) is 2.14. The first-order valence-electron chi connectivity index (χ1n) is 4.40. The lowest BCUT2D eigenvalue weighted by atomic mass is 10.2. The summed E-state index contributed by atoms with van der Waals surface area (Å²) in [6.07, 6.45) is 1.94. The molecule has 0 aliphatic carbocycles. The van der Waals surface area contributed by atoms with Gasteiger partial charge < -0.3 is 15.2 Å². The van der Waals surface area contributed by atoms with Crippen LogP contribution in [0.5, 0.6) is 0 Å². The first kappa shape index (κ1) is 12.0. The van der Waals surface area contributed by atoms with Crippen LogP contribution < -0.4 is 5.32 Å². The predicted molar refractivity (Wildman–Crippen MR) is 50.5 cm³/mol. The van der Waals surface area contributed by atoms with E-state index >= 15 is 0 Å². The molecule has 1 atom stereocenters. The Hall–Kier alpha value is -1.03. The number of carbonyl (C=O) groups excluding carboxylic acids is 1. The second kappa shape index (κ2) is 7.61. The van der Waals surface area contributed by atoms with E-state index in [1.165, 1.54) is 6.08 Å². The lowest BCUT2D eigenvalue weighted by Gasteiger charge is -2.08. The van der Waals surface area contributed by atoms with Gasteiger partial charge in [-0.3, -0.25) is 0 Å². The zero-order chi connectivity index (χ0) is 10.1. The maximum atomic E-state index is 10.8. The first-order valence-corrected chi connectivity index (χ1v) is 4.40. The molecule has 0 aromatic carbocycles. The van der Waals surface area contributed by atoms with Crippen molar-refractivity contribution in [3.8, 4) is 0 Å². The highest BCUT2D eigenvalue weighted by Crippen LogP contribution is 1.94. The summed E-state index contributed by atoms with van der Waals surface area (Å²) in [6, 6.07) is 0. The molecular weight excluding hydrogens is 170 g/mol. The Labute approximate surface area is 78.6 Å². The molecule has 2 N–H and O–H groups in total. The Morgan fingerprint density at radius 2 is 2.46 bits per heavy atom. The van der Waals surface area contributed by atoms with E-state index in [-0.39, 0.29) is 12.7 Å². The summed E-state index contributed by atoms with van der Waals surface area (Å²) in [6.45, 7) is 5.94. The summed E-state index contributed by atoms with van der Waals surface area (Å²) >= 11 is 0. The second-order valence-electron chi connectivity index (χ2n) is 2.66. The molecule has 0 heterocycles. The number of amides is 1. The van der Waals surface area contributed by atoms with Crippen LogP contribution in [0.3, 0.4) is 0 Å². The van der Waals surface area contributed by atoms with E-state index in [0.29, 0.717) is 19.4 Å². The van der Waals surface area contributed by atoms with Crippen molar-refractivity contribution in [2.24, 2.45) is 0 Å². The number of carbonyl (C=O) groups is 1. The number of hydrogen-bond donors (Lipinski definition) is 2. The average molecular weight is 187 g/mol. The van der Waals surface area contributed by atoms with Crippen LogP contribution >= 0.6 is 0 Å². The van der Waals surface area contributed by atoms with Crippen molar-refractivity contribution in [2.75, 3.05) is 13.2 Å². The van der Waals surface area contributed by atoms with Crippen molar-refractivity contribution >= 4 is 6.09 Å². The highest BCUT2D eigenvalue weighted by molar-refractivity contribution is 5.67. The Kier molecular flexibility index (Phi) is 7.01. The molecule has 0 spiro atoms. The van der Waals surface area contributed by atoms with Gasteiger partial charge in [0.15, 0.2) is 0 Å². The van der Waals surface area contributed by atoms with Crippen molar-refractivity contribution in [2.45, 2.75) is 25.9 Å². The molecule has 0 radical (unpaired) electrons. The molecular formula is C9H17NO3. The molecule has 0 aromatic heterocycles. The van der Waals surface area contributed by atoms with Crippen LogP contribution in [0.2, 0.25) is 0 Å². The van der Waals surface area contributed by atoms with E-state index in [0.717, 1.165) is 0 Å². The van der Waals surface area contributed by atoms with Crippen LogP contribution in [0.15, 0.2) is 12.7 Å². The van der Waals surface area contributed by atoms with Crippen molar-refractivity contribution in [3.63, 3.8) is 0 Å². The zero-order valence-corrected chi connectivity index (χ0v) is 7.95. The van der Waals surface area contributed by atoms with Gasteiger partial charge in [0.2, 0.25) is 0 Å². The van der Waals surface area contributed by atoms with Crippen LogP contribution in [0, 0.1) is 0 Å². The summed E-state index contributed by atoms with van der Waals surface area (Å²) in [5, 5.41) is 11.7. The maximum absolute atomic E-state index is 10.8. The highest BCUT2D eigenvalue weighted by atomic mass is 16.5. The molecule has 0 rings (SSSR count). The Morgan fingerprint density at radius 1 is 1.77 bits per heavy atom. The third-order valence-corrected chi connectivity index (χ3v) is 1.55. The molecule has 0 fully saturated rings. The van der Waals surface area contributed by atoms with Gasteiger partial charge in [0.1, 0.15) is 6.61 Å². The topological polar surface area (TPSA) is 58.6 Å². The summed E-state index contributed by atoms with van der Waals surface area (Å²) < 4.78 is 4.66. The molecule has 1 amide bonds. The van der Waals surface area contributed by atoms with Gasteiger partial charge in [-0.25, -0.2) is 4.79 Å². The number of ether oxygens (including phenoxy) is 1. The minimum absolute atomic E-state index is 0.210. The van der Waals surface area contributed by atoms with Gasteiger partial charge in [-0.05, 0) is 12.8 Å².